The number of rotatable bonds is 7. The zero-order valence-corrected chi connectivity index (χ0v) is 17.8. The van der Waals surface area contributed by atoms with Crippen LogP contribution in [0.1, 0.15) is 29.2 Å². The van der Waals surface area contributed by atoms with Crippen LogP contribution in [0.4, 0.5) is 8.78 Å². The summed E-state index contributed by atoms with van der Waals surface area (Å²) in [5.74, 6) is -1.54. The number of benzene rings is 1. The summed E-state index contributed by atoms with van der Waals surface area (Å²) < 4.78 is 54.2. The largest absolute Gasteiger partial charge is 0.357 e. The van der Waals surface area contributed by atoms with Gasteiger partial charge in [-0.05, 0) is 42.8 Å². The molecule has 9 heteroatoms. The van der Waals surface area contributed by atoms with Gasteiger partial charge in [-0.15, -0.1) is 0 Å². The first-order chi connectivity index (χ1) is 14.1. The molecule has 0 spiro atoms. The number of fused-ring (bicyclic) bond motifs is 1. The Hall–Kier alpha value is -2.62. The predicted molar refractivity (Wildman–Crippen MR) is 113 cm³/mol. The van der Waals surface area contributed by atoms with Crippen LogP contribution in [0.15, 0.2) is 53.2 Å². The van der Waals surface area contributed by atoms with Crippen LogP contribution in [0.5, 0.6) is 0 Å². The van der Waals surface area contributed by atoms with Crippen molar-refractivity contribution in [2.24, 2.45) is 5.73 Å². The smallest absolute Gasteiger partial charge is 0.242 e. The van der Waals surface area contributed by atoms with Gasteiger partial charge in [-0.1, -0.05) is 12.1 Å². The van der Waals surface area contributed by atoms with Crippen molar-refractivity contribution in [1.82, 2.24) is 14.3 Å². The van der Waals surface area contributed by atoms with Crippen molar-refractivity contribution in [1.29, 1.82) is 0 Å². The third kappa shape index (κ3) is 4.28. The van der Waals surface area contributed by atoms with Crippen LogP contribution in [-0.2, 0) is 10.0 Å². The third-order valence-corrected chi connectivity index (χ3v) is 6.82. The first-order valence-corrected chi connectivity index (χ1v) is 10.8. The third-order valence-electron chi connectivity index (χ3n) is 4.99. The van der Waals surface area contributed by atoms with Gasteiger partial charge >= 0.3 is 0 Å². The number of H-pyrrole nitrogens is 1. The normalized spacial score (nSPS) is 13.9. The molecule has 0 fully saturated rings. The molecular weight excluding hydrogens is 410 g/mol. The fourth-order valence-corrected chi connectivity index (χ4v) is 4.39. The molecule has 1 unspecified atom stereocenters. The van der Waals surface area contributed by atoms with E-state index in [0.29, 0.717) is 22.2 Å². The summed E-state index contributed by atoms with van der Waals surface area (Å²) in [5, 5.41) is 0. The number of nitrogens with one attached hydrogen (secondary N) is 1. The molecule has 2 aromatic heterocycles. The Labute approximate surface area is 174 Å². The predicted octanol–water partition coefficient (Wildman–Crippen LogP) is 3.59. The Morgan fingerprint density at radius 2 is 1.90 bits per heavy atom. The van der Waals surface area contributed by atoms with E-state index < -0.39 is 27.7 Å². The lowest BCUT2D eigenvalue weighted by Gasteiger charge is -2.19. The number of allylic oxidation sites excluding steroid dienone is 1. The van der Waals surface area contributed by atoms with Crippen molar-refractivity contribution in [3.8, 4) is 0 Å². The average molecular weight is 435 g/mol. The maximum Gasteiger partial charge on any atom is 0.242 e. The minimum Gasteiger partial charge on any atom is -0.357 e. The molecule has 0 bridgehead atoms. The number of hydrogen-bond acceptors (Lipinski definition) is 4. The maximum absolute atomic E-state index is 14.5. The van der Waals surface area contributed by atoms with Crippen molar-refractivity contribution in [3.05, 3.63) is 71.1 Å². The molecule has 1 aromatic carbocycles. The van der Waals surface area contributed by atoms with Crippen molar-refractivity contribution >= 4 is 21.1 Å². The fourth-order valence-electron chi connectivity index (χ4n) is 3.49. The van der Waals surface area contributed by atoms with E-state index in [-0.39, 0.29) is 17.9 Å². The summed E-state index contributed by atoms with van der Waals surface area (Å²) in [4.78, 5) is 7.30. The quantitative estimate of drug-likeness (QED) is 0.556. The van der Waals surface area contributed by atoms with Crippen LogP contribution in [0.2, 0.25) is 0 Å². The van der Waals surface area contributed by atoms with Crippen LogP contribution >= 0.6 is 0 Å². The summed E-state index contributed by atoms with van der Waals surface area (Å²) in [6.45, 7) is 1.87. The highest BCUT2D eigenvalue weighted by molar-refractivity contribution is 7.89. The van der Waals surface area contributed by atoms with E-state index in [0.717, 1.165) is 10.00 Å². The summed E-state index contributed by atoms with van der Waals surface area (Å²) in [6, 6.07) is 9.11. The lowest BCUT2D eigenvalue weighted by molar-refractivity contribution is 0.520. The summed E-state index contributed by atoms with van der Waals surface area (Å²) >= 11 is 0. The van der Waals surface area contributed by atoms with E-state index in [9.17, 15) is 17.2 Å². The molecule has 3 aromatic rings. The molecule has 30 heavy (non-hydrogen) atoms. The van der Waals surface area contributed by atoms with Gasteiger partial charge < -0.3 is 10.7 Å². The van der Waals surface area contributed by atoms with E-state index in [4.69, 9.17) is 5.73 Å². The molecule has 0 saturated carbocycles. The van der Waals surface area contributed by atoms with Gasteiger partial charge in [0, 0.05) is 44.2 Å². The number of aromatic amines is 1. The molecule has 0 aliphatic heterocycles. The SMILES string of the molecule is Cc1[nH]c2ccc(F)nc2c1C(C/C(F)=C/CN)c1ccc(S(=O)(=O)N(C)C)cc1. The molecule has 1 atom stereocenters. The monoisotopic (exact) mass is 434 g/mol. The number of nitrogens with zero attached hydrogens (tertiary/aromatic N) is 2. The highest BCUT2D eigenvalue weighted by atomic mass is 32.2. The Bertz CT molecular complexity index is 1190. The number of nitrogens with two attached hydrogens (primary N) is 1. The topological polar surface area (TPSA) is 92.1 Å². The first kappa shape index (κ1) is 22.1. The molecule has 3 rings (SSSR count). The standard InChI is InChI=1S/C21H24F2N4O2S/c1-13-20(21-18(25-13)8-9-19(23)26-21)17(12-15(22)10-11-24)14-4-6-16(7-5-14)30(28,29)27(2)3/h4-10,17,25H,11-12,24H2,1-3H3/b15-10-. The lowest BCUT2D eigenvalue weighted by atomic mass is 9.87. The summed E-state index contributed by atoms with van der Waals surface area (Å²) in [6.07, 6.45) is 1.28. The Kier molecular flexibility index (Phi) is 6.35. The molecular formula is C21H24F2N4O2S. The summed E-state index contributed by atoms with van der Waals surface area (Å²) in [7, 11) is -0.684. The second-order valence-electron chi connectivity index (χ2n) is 7.19. The van der Waals surface area contributed by atoms with Gasteiger partial charge in [0.2, 0.25) is 16.0 Å². The number of halogens is 2. The van der Waals surface area contributed by atoms with E-state index in [2.05, 4.69) is 9.97 Å². The van der Waals surface area contributed by atoms with E-state index in [1.54, 1.807) is 18.2 Å². The average Bonchev–Trinajstić information content (AvgIpc) is 3.01. The molecule has 0 aliphatic rings. The Morgan fingerprint density at radius 1 is 1.23 bits per heavy atom. The van der Waals surface area contributed by atoms with E-state index in [1.165, 1.54) is 38.4 Å². The molecule has 3 N–H and O–H groups in total. The maximum atomic E-state index is 14.5. The first-order valence-electron chi connectivity index (χ1n) is 9.37. The van der Waals surface area contributed by atoms with Crippen molar-refractivity contribution in [2.75, 3.05) is 20.6 Å². The van der Waals surface area contributed by atoms with Crippen LogP contribution in [0.3, 0.4) is 0 Å². The zero-order chi connectivity index (χ0) is 22.1. The Morgan fingerprint density at radius 3 is 2.50 bits per heavy atom. The minimum absolute atomic E-state index is 0.0109. The van der Waals surface area contributed by atoms with Crippen LogP contribution in [0.25, 0.3) is 11.0 Å². The van der Waals surface area contributed by atoms with Gasteiger partial charge in [0.05, 0.1) is 21.8 Å². The van der Waals surface area contributed by atoms with Gasteiger partial charge in [0.15, 0.2) is 0 Å². The highest BCUT2D eigenvalue weighted by Gasteiger charge is 2.25. The fraction of sp³-hybridized carbons (Fsp3) is 0.286. The molecule has 2 heterocycles. The van der Waals surface area contributed by atoms with Crippen LogP contribution in [0, 0.1) is 12.9 Å². The highest BCUT2D eigenvalue weighted by Crippen LogP contribution is 2.37. The summed E-state index contributed by atoms with van der Waals surface area (Å²) in [5.41, 5.74) is 8.58. The van der Waals surface area contributed by atoms with E-state index >= 15 is 0 Å². The number of aromatic nitrogens is 2. The van der Waals surface area contributed by atoms with Gasteiger partial charge in [0.1, 0.15) is 0 Å². The van der Waals surface area contributed by atoms with Crippen molar-refractivity contribution in [3.63, 3.8) is 0 Å². The Balaban J connectivity index is 2.15. The van der Waals surface area contributed by atoms with Gasteiger partial charge in [-0.25, -0.2) is 22.1 Å². The molecule has 0 radical (unpaired) electrons. The number of aryl methyl sites for hydroxylation is 1. The molecule has 0 saturated heterocycles. The molecule has 160 valence electrons. The van der Waals surface area contributed by atoms with E-state index in [1.807, 2.05) is 6.92 Å². The number of hydrogen-bond donors (Lipinski definition) is 2. The lowest BCUT2D eigenvalue weighted by Crippen LogP contribution is -2.22. The van der Waals surface area contributed by atoms with Crippen molar-refractivity contribution in [2.45, 2.75) is 24.2 Å². The van der Waals surface area contributed by atoms with Crippen molar-refractivity contribution < 1.29 is 17.2 Å². The molecule has 0 aliphatic carbocycles. The zero-order valence-electron chi connectivity index (χ0n) is 17.0. The van der Waals surface area contributed by atoms with Crippen LogP contribution < -0.4 is 5.73 Å². The number of pyridine rings is 1. The van der Waals surface area contributed by atoms with Gasteiger partial charge in [-0.3, -0.25) is 0 Å². The second kappa shape index (κ2) is 8.63. The van der Waals surface area contributed by atoms with Crippen LogP contribution in [-0.4, -0.2) is 43.3 Å². The molecule has 0 amide bonds. The molecule has 6 nitrogen and oxygen atoms in total. The minimum atomic E-state index is -3.59. The van der Waals surface area contributed by atoms with Gasteiger partial charge in [-0.2, -0.15) is 4.39 Å². The van der Waals surface area contributed by atoms with Gasteiger partial charge in [0.25, 0.3) is 0 Å². The second-order valence-corrected chi connectivity index (χ2v) is 9.35. The number of sulfonamides is 1.